The summed E-state index contributed by atoms with van der Waals surface area (Å²) in [6.07, 6.45) is 2.36. The Hall–Kier alpha value is -0.260. The van der Waals surface area contributed by atoms with Gasteiger partial charge in [-0.25, -0.2) is 0 Å². The smallest absolute Gasteiger partial charge is 0.159 e. The molecule has 2 rings (SSSR count). The number of aliphatic hydroxyl groups excluding tert-OH is 1. The second-order valence-electron chi connectivity index (χ2n) is 3.97. The van der Waals surface area contributed by atoms with E-state index in [9.17, 15) is 5.11 Å². The second kappa shape index (κ2) is 4.72. The highest BCUT2D eigenvalue weighted by molar-refractivity contribution is 8.14. The minimum atomic E-state index is -0.329. The van der Waals surface area contributed by atoms with Gasteiger partial charge in [-0.05, 0) is 19.3 Å². The van der Waals surface area contributed by atoms with Gasteiger partial charge < -0.3 is 15.2 Å². The van der Waals surface area contributed by atoms with Gasteiger partial charge in [0.25, 0.3) is 0 Å². The van der Waals surface area contributed by atoms with Crippen molar-refractivity contribution in [2.75, 3.05) is 7.05 Å². The molecule has 5 heteroatoms. The highest BCUT2D eigenvalue weighted by Gasteiger charge is 2.38. The van der Waals surface area contributed by atoms with Crippen molar-refractivity contribution in [3.05, 3.63) is 0 Å². The van der Waals surface area contributed by atoms with Crippen molar-refractivity contribution in [1.82, 2.24) is 5.32 Å². The van der Waals surface area contributed by atoms with Gasteiger partial charge in [0.05, 0.1) is 18.2 Å². The van der Waals surface area contributed by atoms with Crippen LogP contribution in [0.25, 0.3) is 0 Å². The molecular weight excluding hydrogens is 212 g/mol. The van der Waals surface area contributed by atoms with Crippen LogP contribution in [0.2, 0.25) is 0 Å². The first-order valence-electron chi connectivity index (χ1n) is 5.50. The number of thioether (sulfide) groups is 1. The lowest BCUT2D eigenvalue weighted by atomic mass is 10.00. The third-order valence-corrected chi connectivity index (χ3v) is 4.13. The highest BCUT2D eigenvalue weighted by atomic mass is 32.2. The fraction of sp³-hybridized carbons (Fsp3) is 0.900. The molecule has 0 bridgehead atoms. The zero-order valence-electron chi connectivity index (χ0n) is 9.14. The lowest BCUT2D eigenvalue weighted by Crippen LogP contribution is -2.40. The summed E-state index contributed by atoms with van der Waals surface area (Å²) >= 11 is 1.63. The summed E-state index contributed by atoms with van der Waals surface area (Å²) in [6.45, 7) is 1.98. The van der Waals surface area contributed by atoms with Crippen LogP contribution in [0.5, 0.6) is 0 Å². The van der Waals surface area contributed by atoms with Crippen LogP contribution in [0.1, 0.15) is 26.2 Å². The number of amidine groups is 1. The van der Waals surface area contributed by atoms with Crippen molar-refractivity contribution in [3.8, 4) is 0 Å². The number of nitrogens with one attached hydrogen (secondary N) is 1. The standard InChI is InChI=1S/C10H18N2O2S/c1-3-7(13)8-5-4-6-9(14-8)15-10(11-2)12-6/h6-9,13H,3-5H2,1-2H3,(H,11,12)/t6-,7-,8-,9-/m1/s1. The molecule has 4 atom stereocenters. The van der Waals surface area contributed by atoms with Crippen molar-refractivity contribution in [2.45, 2.75) is 49.9 Å². The molecule has 1 saturated heterocycles. The maximum Gasteiger partial charge on any atom is 0.159 e. The van der Waals surface area contributed by atoms with Gasteiger partial charge in [0.1, 0.15) is 5.44 Å². The van der Waals surface area contributed by atoms with E-state index in [2.05, 4.69) is 10.3 Å². The predicted octanol–water partition coefficient (Wildman–Crippen LogP) is 0.953. The van der Waals surface area contributed by atoms with E-state index >= 15 is 0 Å². The molecule has 2 heterocycles. The fourth-order valence-corrected chi connectivity index (χ4v) is 3.08. The van der Waals surface area contributed by atoms with Gasteiger partial charge in [0, 0.05) is 7.05 Å². The Morgan fingerprint density at radius 1 is 1.67 bits per heavy atom. The van der Waals surface area contributed by atoms with Crippen LogP contribution in [0.15, 0.2) is 4.99 Å². The fourth-order valence-electron chi connectivity index (χ4n) is 1.99. The Morgan fingerprint density at radius 3 is 3.13 bits per heavy atom. The van der Waals surface area contributed by atoms with Crippen LogP contribution in [0.3, 0.4) is 0 Å². The molecule has 2 aliphatic heterocycles. The van der Waals surface area contributed by atoms with E-state index in [0.717, 1.165) is 24.4 Å². The number of ether oxygens (including phenoxy) is 1. The average molecular weight is 230 g/mol. The van der Waals surface area contributed by atoms with Gasteiger partial charge in [-0.3, -0.25) is 4.99 Å². The molecule has 0 amide bonds. The summed E-state index contributed by atoms with van der Waals surface area (Å²) in [6, 6.07) is 0.276. The quantitative estimate of drug-likeness (QED) is 0.741. The zero-order chi connectivity index (χ0) is 10.8. The number of hydrogen-bond donors (Lipinski definition) is 2. The second-order valence-corrected chi connectivity index (χ2v) is 5.05. The Labute approximate surface area is 94.5 Å². The molecule has 0 radical (unpaired) electrons. The van der Waals surface area contributed by atoms with Gasteiger partial charge in [0.2, 0.25) is 0 Å². The number of aliphatic imine (C=N–C) groups is 1. The van der Waals surface area contributed by atoms with Crippen molar-refractivity contribution in [1.29, 1.82) is 0 Å². The maximum atomic E-state index is 9.74. The van der Waals surface area contributed by atoms with Gasteiger partial charge >= 0.3 is 0 Å². The van der Waals surface area contributed by atoms with Gasteiger partial charge in [-0.15, -0.1) is 0 Å². The van der Waals surface area contributed by atoms with Crippen LogP contribution in [0.4, 0.5) is 0 Å². The SMILES string of the molecule is CC[C@@H](O)[C@H]1CC[C@H]2N=C(NC)S[C@H]2O1. The summed E-state index contributed by atoms with van der Waals surface area (Å²) < 4.78 is 5.85. The molecule has 86 valence electrons. The molecule has 4 nitrogen and oxygen atoms in total. The van der Waals surface area contributed by atoms with E-state index < -0.39 is 0 Å². The van der Waals surface area contributed by atoms with Crippen LogP contribution in [-0.2, 0) is 4.74 Å². The summed E-state index contributed by atoms with van der Waals surface area (Å²) in [5.41, 5.74) is 0.104. The number of nitrogens with zero attached hydrogens (tertiary/aromatic N) is 1. The summed E-state index contributed by atoms with van der Waals surface area (Å²) in [4.78, 5) is 4.51. The van der Waals surface area contributed by atoms with Crippen LogP contribution in [-0.4, -0.2) is 41.0 Å². The zero-order valence-corrected chi connectivity index (χ0v) is 9.96. The largest absolute Gasteiger partial charge is 0.390 e. The minimum Gasteiger partial charge on any atom is -0.390 e. The topological polar surface area (TPSA) is 53.9 Å². The molecule has 0 aromatic heterocycles. The van der Waals surface area contributed by atoms with E-state index in [1.807, 2.05) is 14.0 Å². The molecule has 0 aromatic rings. The van der Waals surface area contributed by atoms with E-state index in [-0.39, 0.29) is 23.7 Å². The average Bonchev–Trinajstić information content (AvgIpc) is 2.69. The number of fused-ring (bicyclic) bond motifs is 1. The number of aliphatic hydroxyl groups is 1. The normalized spacial score (nSPS) is 37.0. The molecular formula is C10H18N2O2S. The molecule has 1 fully saturated rings. The highest BCUT2D eigenvalue weighted by Crippen LogP contribution is 2.36. The molecule has 0 spiro atoms. The van der Waals surface area contributed by atoms with Crippen LogP contribution in [0, 0.1) is 0 Å². The Kier molecular flexibility index (Phi) is 3.53. The molecule has 0 aliphatic carbocycles. The molecule has 0 saturated carbocycles. The van der Waals surface area contributed by atoms with Gasteiger partial charge in [0.15, 0.2) is 5.17 Å². The molecule has 0 unspecified atom stereocenters. The molecule has 15 heavy (non-hydrogen) atoms. The lowest BCUT2D eigenvalue weighted by molar-refractivity contribution is -0.0800. The van der Waals surface area contributed by atoms with Crippen molar-refractivity contribution >= 4 is 16.9 Å². The van der Waals surface area contributed by atoms with Gasteiger partial charge in [-0.2, -0.15) is 0 Å². The number of rotatable bonds is 2. The number of hydrogen-bond acceptors (Lipinski definition) is 5. The molecule has 2 aliphatic rings. The van der Waals surface area contributed by atoms with Crippen LogP contribution >= 0.6 is 11.8 Å². The minimum absolute atomic E-state index is 0.00449. The summed E-state index contributed by atoms with van der Waals surface area (Å²) in [5, 5.41) is 13.7. The van der Waals surface area contributed by atoms with Gasteiger partial charge in [-0.1, -0.05) is 18.7 Å². The monoisotopic (exact) mass is 230 g/mol. The Bertz CT molecular complexity index is 260. The Balaban J connectivity index is 1.93. The lowest BCUT2D eigenvalue weighted by Gasteiger charge is -2.32. The van der Waals surface area contributed by atoms with E-state index in [1.54, 1.807) is 11.8 Å². The predicted molar refractivity (Wildman–Crippen MR) is 62.1 cm³/mol. The molecule has 2 N–H and O–H groups in total. The van der Waals surface area contributed by atoms with Crippen molar-refractivity contribution in [3.63, 3.8) is 0 Å². The Morgan fingerprint density at radius 2 is 2.47 bits per heavy atom. The first kappa shape index (κ1) is 11.2. The maximum absolute atomic E-state index is 9.74. The van der Waals surface area contributed by atoms with E-state index in [0.29, 0.717) is 0 Å². The first-order chi connectivity index (χ1) is 7.24. The first-order valence-corrected chi connectivity index (χ1v) is 6.38. The third kappa shape index (κ3) is 2.29. The summed E-state index contributed by atoms with van der Waals surface area (Å²) in [7, 11) is 1.88. The van der Waals surface area contributed by atoms with Crippen molar-refractivity contribution in [2.24, 2.45) is 4.99 Å². The molecule has 0 aromatic carbocycles. The van der Waals surface area contributed by atoms with E-state index in [1.165, 1.54) is 0 Å². The van der Waals surface area contributed by atoms with Crippen LogP contribution < -0.4 is 5.32 Å². The third-order valence-electron chi connectivity index (χ3n) is 2.94. The van der Waals surface area contributed by atoms with Crippen molar-refractivity contribution < 1.29 is 9.84 Å². The van der Waals surface area contributed by atoms with E-state index in [4.69, 9.17) is 4.74 Å². The summed E-state index contributed by atoms with van der Waals surface area (Å²) in [5.74, 6) is 0.